The van der Waals surface area contributed by atoms with E-state index in [1.54, 1.807) is 0 Å². The van der Waals surface area contributed by atoms with E-state index in [0.717, 1.165) is 18.8 Å². The van der Waals surface area contributed by atoms with Crippen LogP contribution in [0.25, 0.3) is 0 Å². The van der Waals surface area contributed by atoms with Crippen molar-refractivity contribution in [3.05, 3.63) is 0 Å². The van der Waals surface area contributed by atoms with Crippen LogP contribution in [0.3, 0.4) is 0 Å². The van der Waals surface area contributed by atoms with Gasteiger partial charge in [-0.3, -0.25) is 4.79 Å². The van der Waals surface area contributed by atoms with Crippen molar-refractivity contribution < 1.29 is 9.90 Å². The molecule has 0 aliphatic rings. The minimum Gasteiger partial charge on any atom is -0.481 e. The van der Waals surface area contributed by atoms with Gasteiger partial charge < -0.3 is 5.11 Å². The molecule has 0 amide bonds. The second kappa shape index (κ2) is 29.7. The summed E-state index contributed by atoms with van der Waals surface area (Å²) in [4.78, 5) is 10.5. The van der Waals surface area contributed by atoms with Gasteiger partial charge in [-0.25, -0.2) is 0 Å². The smallest absolute Gasteiger partial charge is 0.303 e. The van der Waals surface area contributed by atoms with Gasteiger partial charge in [0.2, 0.25) is 0 Å². The lowest BCUT2D eigenvalue weighted by Gasteiger charge is -2.07. The molecule has 0 saturated carbocycles. The van der Waals surface area contributed by atoms with Crippen LogP contribution in [0.5, 0.6) is 0 Å². The van der Waals surface area contributed by atoms with E-state index < -0.39 is 5.97 Å². The minimum absolute atomic E-state index is 0.346. The molecule has 0 heterocycles. The molecule has 0 saturated heterocycles. The first-order chi connectivity index (χ1) is 17.2. The Morgan fingerprint density at radius 3 is 0.914 bits per heavy atom. The van der Waals surface area contributed by atoms with Gasteiger partial charge in [-0.05, 0) is 12.3 Å². The van der Waals surface area contributed by atoms with Gasteiger partial charge >= 0.3 is 5.97 Å². The van der Waals surface area contributed by atoms with Gasteiger partial charge in [0.25, 0.3) is 0 Å². The number of hydrogen-bond donors (Lipinski definition) is 1. The topological polar surface area (TPSA) is 37.3 Å². The monoisotopic (exact) mass is 495 g/mol. The van der Waals surface area contributed by atoms with Crippen molar-refractivity contribution in [1.29, 1.82) is 0 Å². The molecule has 0 aromatic carbocycles. The van der Waals surface area contributed by atoms with Crippen molar-refractivity contribution >= 4 is 5.97 Å². The third-order valence-electron chi connectivity index (χ3n) is 8.03. The number of hydrogen-bond acceptors (Lipinski definition) is 1. The zero-order chi connectivity index (χ0) is 25.7. The third kappa shape index (κ3) is 31.4. The normalized spacial score (nSPS) is 12.3. The Balaban J connectivity index is 3.04. The van der Waals surface area contributed by atoms with E-state index in [1.165, 1.54) is 167 Å². The van der Waals surface area contributed by atoms with Gasteiger partial charge in [-0.1, -0.05) is 187 Å². The van der Waals surface area contributed by atoms with E-state index in [0.29, 0.717) is 6.42 Å². The van der Waals surface area contributed by atoms with E-state index >= 15 is 0 Å². The molecule has 0 spiro atoms. The number of rotatable bonds is 30. The maximum absolute atomic E-state index is 10.5. The zero-order valence-corrected chi connectivity index (χ0v) is 24.4. The molecule has 2 heteroatoms. The lowest BCUT2D eigenvalue weighted by atomic mass is 9.99. The average Bonchev–Trinajstić information content (AvgIpc) is 2.85. The molecular formula is C33H66O2. The molecule has 0 unspecified atom stereocenters. The highest BCUT2D eigenvalue weighted by molar-refractivity contribution is 5.66. The van der Waals surface area contributed by atoms with Crippen LogP contribution in [0.15, 0.2) is 0 Å². The fourth-order valence-electron chi connectivity index (χ4n) is 5.22. The standard InChI is InChI=1S/C33H66O2/c1-3-32(2)30-28-26-24-22-20-18-16-14-12-10-8-6-4-5-7-9-11-13-15-17-19-21-23-25-27-29-31-33(34)35/h32H,3-31H2,1-2H3,(H,34,35)/t32-/m0/s1. The van der Waals surface area contributed by atoms with Crippen LogP contribution in [0.4, 0.5) is 0 Å². The van der Waals surface area contributed by atoms with Gasteiger partial charge in [0.05, 0.1) is 0 Å². The van der Waals surface area contributed by atoms with Crippen molar-refractivity contribution in [3.8, 4) is 0 Å². The second-order valence-electron chi connectivity index (χ2n) is 11.6. The Morgan fingerprint density at radius 2 is 0.686 bits per heavy atom. The number of carboxylic acid groups (broad SMARTS) is 1. The molecule has 0 fully saturated rings. The number of carboxylic acids is 1. The van der Waals surface area contributed by atoms with E-state index in [4.69, 9.17) is 5.11 Å². The fourth-order valence-corrected chi connectivity index (χ4v) is 5.22. The highest BCUT2D eigenvalue weighted by Gasteiger charge is 1.99. The minimum atomic E-state index is -0.648. The van der Waals surface area contributed by atoms with Gasteiger partial charge in [0.1, 0.15) is 0 Å². The zero-order valence-electron chi connectivity index (χ0n) is 24.4. The summed E-state index contributed by atoms with van der Waals surface area (Å²) in [5.74, 6) is 0.290. The summed E-state index contributed by atoms with van der Waals surface area (Å²) in [5, 5.41) is 8.62. The molecule has 0 aromatic rings. The predicted molar refractivity (Wildman–Crippen MR) is 156 cm³/mol. The average molecular weight is 495 g/mol. The van der Waals surface area contributed by atoms with Crippen LogP contribution in [-0.2, 0) is 4.79 Å². The van der Waals surface area contributed by atoms with Crippen molar-refractivity contribution in [2.24, 2.45) is 5.92 Å². The van der Waals surface area contributed by atoms with Gasteiger partial charge in [-0.2, -0.15) is 0 Å². The molecule has 210 valence electrons. The summed E-state index contributed by atoms with van der Waals surface area (Å²) < 4.78 is 0. The van der Waals surface area contributed by atoms with Crippen molar-refractivity contribution in [3.63, 3.8) is 0 Å². The molecular weight excluding hydrogens is 428 g/mol. The van der Waals surface area contributed by atoms with E-state index in [2.05, 4.69) is 13.8 Å². The number of carbonyl (C=O) groups is 1. The van der Waals surface area contributed by atoms with Gasteiger partial charge in [0, 0.05) is 6.42 Å². The highest BCUT2D eigenvalue weighted by Crippen LogP contribution is 2.17. The van der Waals surface area contributed by atoms with Gasteiger partial charge in [-0.15, -0.1) is 0 Å². The quantitative estimate of drug-likeness (QED) is 0.101. The molecule has 35 heavy (non-hydrogen) atoms. The lowest BCUT2D eigenvalue weighted by Crippen LogP contribution is -1.93. The Labute approximate surface area is 221 Å². The third-order valence-corrected chi connectivity index (χ3v) is 8.03. The Bertz CT molecular complexity index is 406. The maximum atomic E-state index is 10.5. The summed E-state index contributed by atoms with van der Waals surface area (Å²) >= 11 is 0. The van der Waals surface area contributed by atoms with E-state index in [-0.39, 0.29) is 0 Å². The summed E-state index contributed by atoms with van der Waals surface area (Å²) in [5.41, 5.74) is 0. The molecule has 1 atom stereocenters. The van der Waals surface area contributed by atoms with Crippen LogP contribution < -0.4 is 0 Å². The largest absolute Gasteiger partial charge is 0.481 e. The summed E-state index contributed by atoms with van der Waals surface area (Å²) in [6.45, 7) is 4.71. The molecule has 0 rings (SSSR count). The molecule has 0 aliphatic heterocycles. The van der Waals surface area contributed by atoms with Crippen LogP contribution in [0.1, 0.15) is 200 Å². The second-order valence-corrected chi connectivity index (χ2v) is 11.6. The Hall–Kier alpha value is -0.530. The molecule has 0 aliphatic carbocycles. The van der Waals surface area contributed by atoms with E-state index in [9.17, 15) is 4.79 Å². The fraction of sp³-hybridized carbons (Fsp3) is 0.970. The number of aliphatic carboxylic acids is 1. The summed E-state index contributed by atoms with van der Waals surface area (Å²) in [6, 6.07) is 0. The first-order valence-corrected chi connectivity index (χ1v) is 16.4. The number of unbranched alkanes of at least 4 members (excludes halogenated alkanes) is 25. The molecule has 1 N–H and O–H groups in total. The Morgan fingerprint density at radius 1 is 0.457 bits per heavy atom. The van der Waals surface area contributed by atoms with Crippen molar-refractivity contribution in [2.75, 3.05) is 0 Å². The Kier molecular flexibility index (Phi) is 29.2. The van der Waals surface area contributed by atoms with Crippen LogP contribution >= 0.6 is 0 Å². The van der Waals surface area contributed by atoms with Crippen LogP contribution in [0, 0.1) is 5.92 Å². The van der Waals surface area contributed by atoms with Crippen LogP contribution in [0.2, 0.25) is 0 Å². The first kappa shape index (κ1) is 34.5. The SMILES string of the molecule is CC[C@H](C)CCCCCCCCCCCCCCCCCCCCCCCCCCCCC(=O)O. The van der Waals surface area contributed by atoms with Gasteiger partial charge in [0.15, 0.2) is 0 Å². The molecule has 0 aromatic heterocycles. The lowest BCUT2D eigenvalue weighted by molar-refractivity contribution is -0.137. The summed E-state index contributed by atoms with van der Waals surface area (Å²) in [7, 11) is 0. The first-order valence-electron chi connectivity index (χ1n) is 16.4. The van der Waals surface area contributed by atoms with Crippen molar-refractivity contribution in [1.82, 2.24) is 0 Å². The molecule has 0 radical (unpaired) electrons. The molecule has 0 bridgehead atoms. The molecule has 2 nitrogen and oxygen atoms in total. The highest BCUT2D eigenvalue weighted by atomic mass is 16.4. The predicted octanol–water partition coefficient (Wildman–Crippen LogP) is 12.0. The maximum Gasteiger partial charge on any atom is 0.303 e. The van der Waals surface area contributed by atoms with Crippen molar-refractivity contribution in [2.45, 2.75) is 200 Å². The van der Waals surface area contributed by atoms with E-state index in [1.807, 2.05) is 0 Å². The summed E-state index contributed by atoms with van der Waals surface area (Å²) in [6.07, 6.45) is 39.4. The van der Waals surface area contributed by atoms with Crippen LogP contribution in [-0.4, -0.2) is 11.1 Å².